The molecule has 1 aromatic carbocycles. The molecule has 1 amide bonds. The first-order valence-electron chi connectivity index (χ1n) is 12.0. The lowest BCUT2D eigenvalue weighted by molar-refractivity contribution is 0.0422. The summed E-state index contributed by atoms with van der Waals surface area (Å²) in [6.45, 7) is 1.38. The number of hydrogen-bond acceptors (Lipinski definition) is 6. The molecule has 0 radical (unpaired) electrons. The minimum atomic E-state index is -0.246. The number of hydrogen-bond donors (Lipinski definition) is 1. The number of rotatable bonds is 10. The highest BCUT2D eigenvalue weighted by Crippen LogP contribution is 2.39. The summed E-state index contributed by atoms with van der Waals surface area (Å²) in [7, 11) is 3.17. The first kappa shape index (κ1) is 25.0. The van der Waals surface area contributed by atoms with Crippen molar-refractivity contribution in [3.05, 3.63) is 65.7 Å². The van der Waals surface area contributed by atoms with Gasteiger partial charge in [-0.25, -0.2) is 9.37 Å². The minimum absolute atomic E-state index is 0.131. The fourth-order valence-electron chi connectivity index (χ4n) is 4.86. The average Bonchev–Trinajstić information content (AvgIpc) is 2.90. The van der Waals surface area contributed by atoms with Crippen molar-refractivity contribution in [2.45, 2.75) is 37.6 Å². The fourth-order valence-corrected chi connectivity index (χ4v) is 4.86. The Hall–Kier alpha value is -3.10. The molecule has 1 N–H and O–H groups in total. The van der Waals surface area contributed by atoms with Crippen LogP contribution < -0.4 is 10.1 Å². The fraction of sp³-hybridized carbons (Fsp3) is 0.444. The van der Waals surface area contributed by atoms with Crippen molar-refractivity contribution in [3.8, 4) is 5.88 Å². The number of carbonyl (C=O) groups excluding carboxylic acids is 1. The Morgan fingerprint density at radius 3 is 2.63 bits per heavy atom. The second kappa shape index (κ2) is 12.0. The summed E-state index contributed by atoms with van der Waals surface area (Å²) in [6, 6.07) is 10.0. The maximum atomic E-state index is 13.9. The third-order valence-electron chi connectivity index (χ3n) is 6.77. The van der Waals surface area contributed by atoms with Gasteiger partial charge in [0.2, 0.25) is 5.88 Å². The van der Waals surface area contributed by atoms with Crippen LogP contribution in [0.5, 0.6) is 5.88 Å². The summed E-state index contributed by atoms with van der Waals surface area (Å²) < 4.78 is 29.9. The van der Waals surface area contributed by atoms with Crippen LogP contribution >= 0.6 is 0 Å². The molecule has 7 nitrogen and oxygen atoms in total. The molecule has 1 aliphatic rings. The van der Waals surface area contributed by atoms with Crippen LogP contribution in [0.1, 0.15) is 47.5 Å². The normalized spacial score (nSPS) is 18.8. The van der Waals surface area contributed by atoms with Gasteiger partial charge in [-0.2, -0.15) is 0 Å². The molecule has 1 fully saturated rings. The van der Waals surface area contributed by atoms with Crippen molar-refractivity contribution >= 4 is 16.8 Å². The van der Waals surface area contributed by atoms with Crippen molar-refractivity contribution in [2.75, 3.05) is 34.0 Å². The van der Waals surface area contributed by atoms with Gasteiger partial charge in [0.15, 0.2) is 0 Å². The van der Waals surface area contributed by atoms with Gasteiger partial charge >= 0.3 is 0 Å². The van der Waals surface area contributed by atoms with Crippen LogP contribution in [0.25, 0.3) is 10.9 Å². The lowest BCUT2D eigenvalue weighted by Gasteiger charge is -2.34. The number of fused-ring (bicyclic) bond motifs is 1. The Morgan fingerprint density at radius 1 is 1.09 bits per heavy atom. The summed E-state index contributed by atoms with van der Waals surface area (Å²) in [4.78, 5) is 21.5. The van der Waals surface area contributed by atoms with Crippen LogP contribution in [0.2, 0.25) is 0 Å². The number of pyridine rings is 2. The van der Waals surface area contributed by atoms with Crippen LogP contribution in [-0.2, 0) is 9.47 Å². The second-order valence-corrected chi connectivity index (χ2v) is 8.91. The molecule has 4 rings (SSSR count). The maximum Gasteiger partial charge on any atom is 0.253 e. The number of halogens is 1. The molecule has 0 bridgehead atoms. The average molecular weight is 482 g/mol. The Kier molecular flexibility index (Phi) is 8.60. The molecule has 35 heavy (non-hydrogen) atoms. The highest BCUT2D eigenvalue weighted by atomic mass is 19.1. The number of benzene rings is 1. The van der Waals surface area contributed by atoms with Crippen LogP contribution in [0, 0.1) is 11.7 Å². The molecule has 3 aromatic rings. The molecule has 2 heterocycles. The van der Waals surface area contributed by atoms with E-state index in [9.17, 15) is 9.18 Å². The molecule has 0 saturated heterocycles. The summed E-state index contributed by atoms with van der Waals surface area (Å²) in [5.41, 5.74) is 2.44. The predicted molar refractivity (Wildman–Crippen MR) is 131 cm³/mol. The van der Waals surface area contributed by atoms with E-state index < -0.39 is 0 Å². The van der Waals surface area contributed by atoms with E-state index in [0.29, 0.717) is 37.2 Å². The van der Waals surface area contributed by atoms with Gasteiger partial charge < -0.3 is 19.5 Å². The van der Waals surface area contributed by atoms with E-state index in [-0.39, 0.29) is 23.7 Å². The SMILES string of the molecule is COCCOC[C@H](NC(=O)c1ccc(OC)nc1)[C@H]1CC[C@@H](c2ccnc3ccc(F)cc32)CC1. The molecule has 1 atom stereocenters. The third-order valence-corrected chi connectivity index (χ3v) is 6.77. The van der Waals surface area contributed by atoms with Gasteiger partial charge in [-0.05, 0) is 73.4 Å². The maximum absolute atomic E-state index is 13.9. The van der Waals surface area contributed by atoms with E-state index in [2.05, 4.69) is 15.3 Å². The highest BCUT2D eigenvalue weighted by molar-refractivity contribution is 5.94. The Labute approximate surface area is 205 Å². The highest BCUT2D eigenvalue weighted by Gasteiger charge is 2.30. The molecule has 2 aromatic heterocycles. The molecule has 1 saturated carbocycles. The molecule has 8 heteroatoms. The van der Waals surface area contributed by atoms with Crippen molar-refractivity contribution in [1.29, 1.82) is 0 Å². The quantitative estimate of drug-likeness (QED) is 0.429. The van der Waals surface area contributed by atoms with Gasteiger partial charge in [0.25, 0.3) is 5.91 Å². The molecule has 1 aliphatic carbocycles. The Morgan fingerprint density at radius 2 is 1.91 bits per heavy atom. The summed E-state index contributed by atoms with van der Waals surface area (Å²) in [5.74, 6) is 0.634. The Balaban J connectivity index is 1.43. The van der Waals surface area contributed by atoms with Gasteiger partial charge in [0, 0.05) is 31.0 Å². The molecular weight excluding hydrogens is 449 g/mol. The van der Waals surface area contributed by atoms with Crippen molar-refractivity contribution in [2.24, 2.45) is 5.92 Å². The molecule has 0 aliphatic heterocycles. The summed E-state index contributed by atoms with van der Waals surface area (Å²) in [5, 5.41) is 4.05. The monoisotopic (exact) mass is 481 g/mol. The third kappa shape index (κ3) is 6.32. The summed E-state index contributed by atoms with van der Waals surface area (Å²) >= 11 is 0. The number of nitrogens with zero attached hydrogens (tertiary/aromatic N) is 2. The smallest absolute Gasteiger partial charge is 0.253 e. The number of amides is 1. The zero-order chi connectivity index (χ0) is 24.6. The topological polar surface area (TPSA) is 82.6 Å². The van der Waals surface area contributed by atoms with E-state index in [0.717, 1.165) is 42.1 Å². The predicted octanol–water partition coefficient (Wildman–Crippen LogP) is 4.51. The number of nitrogens with one attached hydrogen (secondary N) is 1. The van der Waals surface area contributed by atoms with Crippen LogP contribution in [0.15, 0.2) is 48.8 Å². The van der Waals surface area contributed by atoms with Gasteiger partial charge in [-0.1, -0.05) is 0 Å². The van der Waals surface area contributed by atoms with E-state index in [1.165, 1.54) is 19.4 Å². The standard InChI is InChI=1S/C27H32FN3O4/c1-33-13-14-35-17-25(31-27(32)20-7-10-26(34-2)30-16-20)19-5-3-18(4-6-19)22-11-12-29-24-9-8-21(28)15-23(22)24/h7-12,15-16,18-19,25H,3-6,13-14,17H2,1-2H3,(H,31,32)/t18-,19+,25-/m0/s1. The minimum Gasteiger partial charge on any atom is -0.481 e. The molecular formula is C27H32FN3O4. The number of aromatic nitrogens is 2. The molecule has 0 spiro atoms. The zero-order valence-electron chi connectivity index (χ0n) is 20.2. The van der Waals surface area contributed by atoms with E-state index in [4.69, 9.17) is 14.2 Å². The van der Waals surface area contributed by atoms with Crippen molar-refractivity contribution in [1.82, 2.24) is 15.3 Å². The van der Waals surface area contributed by atoms with E-state index >= 15 is 0 Å². The van der Waals surface area contributed by atoms with Crippen LogP contribution in [0.3, 0.4) is 0 Å². The second-order valence-electron chi connectivity index (χ2n) is 8.91. The lowest BCUT2D eigenvalue weighted by Crippen LogP contribution is -2.44. The van der Waals surface area contributed by atoms with Gasteiger partial charge in [0.1, 0.15) is 5.82 Å². The zero-order valence-corrected chi connectivity index (χ0v) is 20.2. The molecule has 186 valence electrons. The number of methoxy groups -OCH3 is 2. The first-order chi connectivity index (χ1) is 17.1. The van der Waals surface area contributed by atoms with Gasteiger partial charge in [-0.3, -0.25) is 9.78 Å². The van der Waals surface area contributed by atoms with Gasteiger partial charge in [0.05, 0.1) is 44.1 Å². The first-order valence-corrected chi connectivity index (χ1v) is 12.0. The van der Waals surface area contributed by atoms with Crippen molar-refractivity contribution in [3.63, 3.8) is 0 Å². The lowest BCUT2D eigenvalue weighted by atomic mass is 9.75. The van der Waals surface area contributed by atoms with Crippen LogP contribution in [0.4, 0.5) is 4.39 Å². The van der Waals surface area contributed by atoms with E-state index in [1.807, 2.05) is 6.07 Å². The van der Waals surface area contributed by atoms with Crippen molar-refractivity contribution < 1.29 is 23.4 Å². The summed E-state index contributed by atoms with van der Waals surface area (Å²) in [6.07, 6.45) is 7.09. The van der Waals surface area contributed by atoms with Gasteiger partial charge in [-0.15, -0.1) is 0 Å². The largest absolute Gasteiger partial charge is 0.481 e. The van der Waals surface area contributed by atoms with E-state index in [1.54, 1.807) is 37.6 Å². The van der Waals surface area contributed by atoms with Crippen LogP contribution in [-0.4, -0.2) is 56.0 Å². The molecule has 0 unspecified atom stereocenters. The number of carbonyl (C=O) groups is 1. The Bertz CT molecular complexity index is 1120. The number of ether oxygens (including phenoxy) is 3.